The average Bonchev–Trinajstić information content (AvgIpc) is 3.52. The first-order valence-electron chi connectivity index (χ1n) is 12.5. The van der Waals surface area contributed by atoms with Crippen LogP contribution in [0.5, 0.6) is 11.5 Å². The third-order valence-corrected chi connectivity index (χ3v) is 5.73. The lowest BCUT2D eigenvalue weighted by Gasteiger charge is -2.12. The lowest BCUT2D eigenvalue weighted by atomic mass is 10.1. The van der Waals surface area contributed by atoms with Crippen LogP contribution in [0.25, 0.3) is 22.2 Å². The van der Waals surface area contributed by atoms with Crippen molar-refractivity contribution in [3.63, 3.8) is 0 Å². The molecular weight excluding hydrogens is 501 g/mol. The number of ether oxygens (including phenoxy) is 1. The highest BCUT2D eigenvalue weighted by atomic mass is 19.1. The zero-order valence-electron chi connectivity index (χ0n) is 21.9. The summed E-state index contributed by atoms with van der Waals surface area (Å²) in [5.74, 6) is 0.794. The second kappa shape index (κ2) is 10.8. The number of benzene rings is 2. The van der Waals surface area contributed by atoms with E-state index in [2.05, 4.69) is 31.2 Å². The standard InChI is InChI=1S/C28H28FN7O3/c1-16(2)32-26-13-21(9-10-30-26)38-20-6-7-23(22(29)12-20)33-28(37)34-24-15-36(17(3)4)35-27(24)18-5-8-25-19(11-18)14-31-39-25/h5-17H,1-4H3,(H,30,32)(H2,33,34,37). The van der Waals surface area contributed by atoms with Gasteiger partial charge in [-0.2, -0.15) is 5.10 Å². The largest absolute Gasteiger partial charge is 0.457 e. The molecule has 0 atom stereocenters. The van der Waals surface area contributed by atoms with Crippen LogP contribution in [0.3, 0.4) is 0 Å². The number of carbonyl (C=O) groups is 1. The van der Waals surface area contributed by atoms with Gasteiger partial charge in [-0.15, -0.1) is 0 Å². The maximum Gasteiger partial charge on any atom is 0.323 e. The predicted molar refractivity (Wildman–Crippen MR) is 148 cm³/mol. The van der Waals surface area contributed by atoms with Gasteiger partial charge in [0.2, 0.25) is 0 Å². The minimum absolute atomic E-state index is 0.000402. The Bertz CT molecular complexity index is 1630. The van der Waals surface area contributed by atoms with E-state index >= 15 is 0 Å². The second-order valence-corrected chi connectivity index (χ2v) is 9.54. The number of fused-ring (bicyclic) bond motifs is 1. The number of hydrogen-bond donors (Lipinski definition) is 3. The molecular formula is C28H28FN7O3. The van der Waals surface area contributed by atoms with Crippen LogP contribution in [-0.4, -0.2) is 32.0 Å². The van der Waals surface area contributed by atoms with Crippen LogP contribution in [0.4, 0.5) is 26.4 Å². The molecule has 0 saturated heterocycles. The predicted octanol–water partition coefficient (Wildman–Crippen LogP) is 7.06. The molecule has 0 spiro atoms. The van der Waals surface area contributed by atoms with Gasteiger partial charge in [-0.3, -0.25) is 4.68 Å². The van der Waals surface area contributed by atoms with Crippen LogP contribution in [0.2, 0.25) is 0 Å². The molecule has 0 unspecified atom stereocenters. The van der Waals surface area contributed by atoms with E-state index in [0.29, 0.717) is 28.5 Å². The molecule has 0 aliphatic carbocycles. The lowest BCUT2D eigenvalue weighted by molar-refractivity contribution is 0.262. The highest BCUT2D eigenvalue weighted by molar-refractivity contribution is 6.02. The van der Waals surface area contributed by atoms with Crippen molar-refractivity contribution in [3.05, 3.63) is 72.9 Å². The zero-order chi connectivity index (χ0) is 27.5. The highest BCUT2D eigenvalue weighted by Gasteiger charge is 2.17. The first-order valence-corrected chi connectivity index (χ1v) is 12.5. The normalized spacial score (nSPS) is 11.3. The van der Waals surface area contributed by atoms with E-state index in [9.17, 15) is 9.18 Å². The molecule has 200 valence electrons. The Balaban J connectivity index is 1.31. The fraction of sp³-hybridized carbons (Fsp3) is 0.214. The highest BCUT2D eigenvalue weighted by Crippen LogP contribution is 2.31. The molecule has 0 saturated carbocycles. The molecule has 5 rings (SSSR count). The number of pyridine rings is 1. The first-order chi connectivity index (χ1) is 18.7. The quantitative estimate of drug-likeness (QED) is 0.197. The van der Waals surface area contributed by atoms with Gasteiger partial charge in [0.15, 0.2) is 5.58 Å². The minimum Gasteiger partial charge on any atom is -0.457 e. The summed E-state index contributed by atoms with van der Waals surface area (Å²) >= 11 is 0. The molecule has 3 N–H and O–H groups in total. The molecule has 11 heteroatoms. The molecule has 2 amide bonds. The minimum atomic E-state index is -0.645. The van der Waals surface area contributed by atoms with Gasteiger partial charge in [0, 0.05) is 47.6 Å². The Hall–Kier alpha value is -4.93. The molecule has 2 aromatic carbocycles. The molecule has 10 nitrogen and oxygen atoms in total. The van der Waals surface area contributed by atoms with Crippen molar-refractivity contribution in [1.82, 2.24) is 19.9 Å². The van der Waals surface area contributed by atoms with Gasteiger partial charge in [-0.25, -0.2) is 14.2 Å². The Kier molecular flexibility index (Phi) is 7.13. The number of aromatic nitrogens is 4. The van der Waals surface area contributed by atoms with Gasteiger partial charge in [0.05, 0.1) is 17.6 Å². The van der Waals surface area contributed by atoms with Crippen LogP contribution >= 0.6 is 0 Å². The van der Waals surface area contributed by atoms with E-state index in [1.54, 1.807) is 47.5 Å². The van der Waals surface area contributed by atoms with E-state index in [1.165, 1.54) is 12.1 Å². The SMILES string of the molecule is CC(C)Nc1cc(Oc2ccc(NC(=O)Nc3cn(C(C)C)nc3-c3ccc4oncc4c3)c(F)c2)ccn1. The third kappa shape index (κ3) is 5.98. The Morgan fingerprint density at radius 1 is 1.00 bits per heavy atom. The number of nitrogens with zero attached hydrogens (tertiary/aromatic N) is 4. The van der Waals surface area contributed by atoms with Crippen LogP contribution in [0, 0.1) is 5.82 Å². The van der Waals surface area contributed by atoms with Crippen LogP contribution < -0.4 is 20.7 Å². The molecule has 5 aromatic rings. The number of rotatable bonds is 8. The molecule has 0 fully saturated rings. The second-order valence-electron chi connectivity index (χ2n) is 9.54. The summed E-state index contributed by atoms with van der Waals surface area (Å²) in [4.78, 5) is 17.1. The Morgan fingerprint density at radius 3 is 2.56 bits per heavy atom. The summed E-state index contributed by atoms with van der Waals surface area (Å²) in [5.41, 5.74) is 2.46. The van der Waals surface area contributed by atoms with Gasteiger partial charge in [0.25, 0.3) is 0 Å². The summed E-state index contributed by atoms with van der Waals surface area (Å²) in [6.45, 7) is 7.97. The number of nitrogens with one attached hydrogen (secondary N) is 3. The maximum absolute atomic E-state index is 14.9. The summed E-state index contributed by atoms with van der Waals surface area (Å²) in [6, 6.07) is 12.8. The number of amides is 2. The molecule has 0 aliphatic rings. The van der Waals surface area contributed by atoms with Crippen molar-refractivity contribution in [2.45, 2.75) is 39.8 Å². The Morgan fingerprint density at radius 2 is 1.79 bits per heavy atom. The van der Waals surface area contributed by atoms with Crippen molar-refractivity contribution in [2.75, 3.05) is 16.0 Å². The van der Waals surface area contributed by atoms with Gasteiger partial charge >= 0.3 is 6.03 Å². The van der Waals surface area contributed by atoms with Crippen molar-refractivity contribution >= 4 is 34.2 Å². The fourth-order valence-electron chi connectivity index (χ4n) is 3.90. The zero-order valence-corrected chi connectivity index (χ0v) is 21.9. The summed E-state index contributed by atoms with van der Waals surface area (Å²) in [6.07, 6.45) is 4.96. The molecule has 3 heterocycles. The van der Waals surface area contributed by atoms with Crippen LogP contribution in [0.1, 0.15) is 33.7 Å². The van der Waals surface area contributed by atoms with Crippen LogP contribution in [0.15, 0.2) is 71.6 Å². The first kappa shape index (κ1) is 25.7. The maximum atomic E-state index is 14.9. The summed E-state index contributed by atoms with van der Waals surface area (Å²) in [7, 11) is 0. The van der Waals surface area contributed by atoms with Crippen molar-refractivity contribution < 1.29 is 18.4 Å². The summed E-state index contributed by atoms with van der Waals surface area (Å²) < 4.78 is 27.6. The van der Waals surface area contributed by atoms with Gasteiger partial charge in [0.1, 0.15) is 28.8 Å². The number of urea groups is 1. The van der Waals surface area contributed by atoms with Gasteiger partial charge < -0.3 is 25.2 Å². The monoisotopic (exact) mass is 529 g/mol. The van der Waals surface area contributed by atoms with Gasteiger partial charge in [-0.1, -0.05) is 5.16 Å². The van der Waals surface area contributed by atoms with Crippen molar-refractivity contribution in [1.29, 1.82) is 0 Å². The fourth-order valence-corrected chi connectivity index (χ4v) is 3.90. The third-order valence-electron chi connectivity index (χ3n) is 5.73. The topological polar surface area (TPSA) is 119 Å². The van der Waals surface area contributed by atoms with Crippen molar-refractivity contribution in [2.24, 2.45) is 0 Å². The van der Waals surface area contributed by atoms with Gasteiger partial charge in [-0.05, 0) is 64.1 Å². The molecule has 3 aromatic heterocycles. The number of carbonyl (C=O) groups excluding carboxylic acids is 1. The summed E-state index contributed by atoms with van der Waals surface area (Å²) in [5, 5.41) is 17.8. The molecule has 0 aliphatic heterocycles. The van der Waals surface area contributed by atoms with E-state index < -0.39 is 11.8 Å². The lowest BCUT2D eigenvalue weighted by Crippen LogP contribution is -2.20. The molecule has 39 heavy (non-hydrogen) atoms. The molecule has 0 radical (unpaired) electrons. The smallest absolute Gasteiger partial charge is 0.323 e. The molecule has 0 bridgehead atoms. The van der Waals surface area contributed by atoms with E-state index in [-0.39, 0.29) is 23.5 Å². The Labute approximate surface area is 224 Å². The number of anilines is 3. The van der Waals surface area contributed by atoms with E-state index in [1.807, 2.05) is 39.8 Å². The number of halogens is 1. The van der Waals surface area contributed by atoms with E-state index in [4.69, 9.17) is 9.26 Å². The number of hydrogen-bond acceptors (Lipinski definition) is 7. The average molecular weight is 530 g/mol. The van der Waals surface area contributed by atoms with Crippen molar-refractivity contribution in [3.8, 4) is 22.8 Å². The van der Waals surface area contributed by atoms with E-state index in [0.717, 1.165) is 10.9 Å². The van der Waals surface area contributed by atoms with Crippen LogP contribution in [-0.2, 0) is 0 Å².